The Kier molecular flexibility index (Phi) is 3.63. The van der Waals surface area contributed by atoms with Gasteiger partial charge in [0.1, 0.15) is 5.41 Å². The van der Waals surface area contributed by atoms with Crippen LogP contribution in [0.5, 0.6) is 0 Å². The van der Waals surface area contributed by atoms with E-state index in [1.807, 2.05) is 0 Å². The lowest BCUT2D eigenvalue weighted by atomic mass is 9.71. The van der Waals surface area contributed by atoms with E-state index in [1.54, 1.807) is 0 Å². The number of hydrogen-bond acceptors (Lipinski definition) is 3. The molecule has 0 aromatic carbocycles. The summed E-state index contributed by atoms with van der Waals surface area (Å²) in [7, 11) is 0. The zero-order chi connectivity index (χ0) is 11.4. The third kappa shape index (κ3) is 2.14. The SMILES string of the molecule is N#CC1(C(O)C2CC=CCC2)CCCOC1. The van der Waals surface area contributed by atoms with Crippen LogP contribution in [-0.4, -0.2) is 24.4 Å². The molecule has 3 unspecified atom stereocenters. The summed E-state index contributed by atoms with van der Waals surface area (Å²) in [6, 6.07) is 2.32. The highest BCUT2D eigenvalue weighted by Gasteiger charge is 2.43. The number of aliphatic hydroxyl groups excluding tert-OH is 1. The lowest BCUT2D eigenvalue weighted by Gasteiger charge is -2.39. The van der Waals surface area contributed by atoms with Crippen molar-refractivity contribution in [1.29, 1.82) is 5.26 Å². The molecule has 1 aliphatic heterocycles. The minimum atomic E-state index is -0.659. The summed E-state index contributed by atoms with van der Waals surface area (Å²) >= 11 is 0. The minimum Gasteiger partial charge on any atom is -0.391 e. The molecule has 0 amide bonds. The van der Waals surface area contributed by atoms with Crippen LogP contribution in [-0.2, 0) is 4.74 Å². The monoisotopic (exact) mass is 221 g/mol. The van der Waals surface area contributed by atoms with Gasteiger partial charge in [0.05, 0.1) is 18.8 Å². The Balaban J connectivity index is 2.08. The maximum Gasteiger partial charge on any atom is 0.107 e. The topological polar surface area (TPSA) is 53.2 Å². The highest BCUT2D eigenvalue weighted by molar-refractivity contribution is 5.08. The highest BCUT2D eigenvalue weighted by atomic mass is 16.5. The van der Waals surface area contributed by atoms with Gasteiger partial charge in [-0.25, -0.2) is 0 Å². The molecule has 0 aromatic heterocycles. The standard InChI is InChI=1S/C13H19NO2/c14-9-13(7-4-8-16-10-13)12(15)11-5-2-1-3-6-11/h1-2,11-12,15H,3-8,10H2. The average molecular weight is 221 g/mol. The van der Waals surface area contributed by atoms with Crippen molar-refractivity contribution in [3.8, 4) is 6.07 Å². The molecular formula is C13H19NO2. The molecule has 1 heterocycles. The third-order valence-electron chi connectivity index (χ3n) is 3.82. The van der Waals surface area contributed by atoms with Crippen LogP contribution in [0.2, 0.25) is 0 Å². The van der Waals surface area contributed by atoms with E-state index in [0.29, 0.717) is 6.61 Å². The summed E-state index contributed by atoms with van der Waals surface area (Å²) < 4.78 is 5.39. The molecule has 1 aliphatic carbocycles. The van der Waals surface area contributed by atoms with Gasteiger partial charge >= 0.3 is 0 Å². The smallest absolute Gasteiger partial charge is 0.107 e. The van der Waals surface area contributed by atoms with Crippen molar-refractivity contribution in [2.24, 2.45) is 11.3 Å². The molecule has 0 saturated carbocycles. The number of ether oxygens (including phenoxy) is 1. The Morgan fingerprint density at radius 1 is 1.50 bits per heavy atom. The van der Waals surface area contributed by atoms with E-state index in [9.17, 15) is 10.4 Å². The number of aliphatic hydroxyl groups is 1. The second-order valence-electron chi connectivity index (χ2n) is 4.91. The summed E-state index contributed by atoms with van der Waals surface area (Å²) in [5.74, 6) is 0.228. The largest absolute Gasteiger partial charge is 0.391 e. The fourth-order valence-corrected chi connectivity index (χ4v) is 2.76. The van der Waals surface area contributed by atoms with E-state index < -0.39 is 11.5 Å². The van der Waals surface area contributed by atoms with Crippen molar-refractivity contribution in [2.75, 3.05) is 13.2 Å². The van der Waals surface area contributed by atoms with Crippen molar-refractivity contribution >= 4 is 0 Å². The van der Waals surface area contributed by atoms with Gasteiger partial charge in [-0.05, 0) is 38.0 Å². The van der Waals surface area contributed by atoms with Gasteiger partial charge in [-0.1, -0.05) is 12.2 Å². The molecule has 0 radical (unpaired) electrons. The van der Waals surface area contributed by atoms with Crippen molar-refractivity contribution < 1.29 is 9.84 Å². The minimum absolute atomic E-state index is 0.228. The molecule has 3 atom stereocenters. The molecule has 0 spiro atoms. The first-order chi connectivity index (χ1) is 7.78. The first-order valence-corrected chi connectivity index (χ1v) is 6.10. The Bertz CT molecular complexity index is 300. The van der Waals surface area contributed by atoms with E-state index in [4.69, 9.17) is 4.74 Å². The van der Waals surface area contributed by atoms with Gasteiger partial charge in [0, 0.05) is 6.61 Å². The Labute approximate surface area is 96.7 Å². The van der Waals surface area contributed by atoms with Crippen LogP contribution in [0, 0.1) is 22.7 Å². The van der Waals surface area contributed by atoms with Crippen LogP contribution in [0.1, 0.15) is 32.1 Å². The number of hydrogen-bond donors (Lipinski definition) is 1. The molecule has 3 nitrogen and oxygen atoms in total. The molecule has 3 heteroatoms. The lowest BCUT2D eigenvalue weighted by molar-refractivity contribution is -0.0731. The van der Waals surface area contributed by atoms with Crippen LogP contribution in [0.3, 0.4) is 0 Å². The molecule has 1 fully saturated rings. The number of allylic oxidation sites excluding steroid dienone is 2. The quantitative estimate of drug-likeness (QED) is 0.726. The van der Waals surface area contributed by atoms with E-state index in [1.165, 1.54) is 0 Å². The zero-order valence-corrected chi connectivity index (χ0v) is 9.56. The number of nitriles is 1. The molecule has 88 valence electrons. The molecule has 2 rings (SSSR count). The van der Waals surface area contributed by atoms with Crippen LogP contribution in [0.25, 0.3) is 0 Å². The average Bonchev–Trinajstić information content (AvgIpc) is 2.39. The third-order valence-corrected chi connectivity index (χ3v) is 3.82. The van der Waals surface area contributed by atoms with Gasteiger partial charge in [-0.15, -0.1) is 0 Å². The summed E-state index contributed by atoms with van der Waals surface area (Å²) in [6.07, 6.45) is 8.28. The van der Waals surface area contributed by atoms with E-state index in [0.717, 1.165) is 38.7 Å². The maximum atomic E-state index is 10.4. The molecule has 1 saturated heterocycles. The van der Waals surface area contributed by atoms with E-state index >= 15 is 0 Å². The maximum absolute atomic E-state index is 10.4. The normalized spacial score (nSPS) is 36.6. The Morgan fingerprint density at radius 3 is 2.94 bits per heavy atom. The summed E-state index contributed by atoms with van der Waals surface area (Å²) in [6.45, 7) is 1.12. The van der Waals surface area contributed by atoms with Crippen LogP contribution in [0.15, 0.2) is 12.2 Å². The summed E-state index contributed by atoms with van der Waals surface area (Å²) in [5, 5.41) is 19.7. The molecular weight excluding hydrogens is 202 g/mol. The Morgan fingerprint density at radius 2 is 2.38 bits per heavy atom. The van der Waals surface area contributed by atoms with Crippen LogP contribution >= 0.6 is 0 Å². The first kappa shape index (κ1) is 11.6. The summed E-state index contributed by atoms with van der Waals surface area (Å²) in [4.78, 5) is 0. The zero-order valence-electron chi connectivity index (χ0n) is 9.56. The lowest BCUT2D eigenvalue weighted by Crippen LogP contribution is -2.45. The van der Waals surface area contributed by atoms with Crippen molar-refractivity contribution in [3.63, 3.8) is 0 Å². The fourth-order valence-electron chi connectivity index (χ4n) is 2.76. The highest BCUT2D eigenvalue weighted by Crippen LogP contribution is 2.38. The van der Waals surface area contributed by atoms with Gasteiger partial charge < -0.3 is 9.84 Å². The fraction of sp³-hybridized carbons (Fsp3) is 0.769. The predicted molar refractivity (Wildman–Crippen MR) is 60.6 cm³/mol. The van der Waals surface area contributed by atoms with Crippen molar-refractivity contribution in [3.05, 3.63) is 12.2 Å². The molecule has 16 heavy (non-hydrogen) atoms. The number of rotatable bonds is 2. The van der Waals surface area contributed by atoms with Crippen molar-refractivity contribution in [1.82, 2.24) is 0 Å². The molecule has 0 aromatic rings. The number of nitrogens with zero attached hydrogens (tertiary/aromatic N) is 1. The van der Waals surface area contributed by atoms with E-state index in [2.05, 4.69) is 18.2 Å². The van der Waals surface area contributed by atoms with Crippen LogP contribution < -0.4 is 0 Å². The predicted octanol–water partition coefficient (Wildman–Crippen LogP) is 2.02. The second kappa shape index (κ2) is 4.99. The van der Waals surface area contributed by atoms with Gasteiger partial charge in [-0.3, -0.25) is 0 Å². The van der Waals surface area contributed by atoms with Gasteiger partial charge in [0.15, 0.2) is 0 Å². The van der Waals surface area contributed by atoms with E-state index in [-0.39, 0.29) is 5.92 Å². The van der Waals surface area contributed by atoms with Crippen LogP contribution in [0.4, 0.5) is 0 Å². The van der Waals surface area contributed by atoms with Gasteiger partial charge in [0.25, 0.3) is 0 Å². The Hall–Kier alpha value is -0.850. The molecule has 2 aliphatic rings. The van der Waals surface area contributed by atoms with Gasteiger partial charge in [0.2, 0.25) is 0 Å². The van der Waals surface area contributed by atoms with Crippen molar-refractivity contribution in [2.45, 2.75) is 38.2 Å². The second-order valence-corrected chi connectivity index (χ2v) is 4.91. The molecule has 1 N–H and O–H groups in total. The first-order valence-electron chi connectivity index (χ1n) is 6.10. The van der Waals surface area contributed by atoms with Gasteiger partial charge in [-0.2, -0.15) is 5.26 Å². The molecule has 0 bridgehead atoms. The summed E-state index contributed by atoms with van der Waals surface area (Å²) in [5.41, 5.74) is -0.659.